The maximum atomic E-state index is 13.2. The topological polar surface area (TPSA) is 170 Å². The number of anilines is 1. The summed E-state index contributed by atoms with van der Waals surface area (Å²) in [6.45, 7) is 7.50. The number of carbonyl (C=O) groups excluding carboxylic acids is 1. The molecule has 3 aromatic carbocycles. The second kappa shape index (κ2) is 11.5. The Morgan fingerprint density at radius 3 is 2.45 bits per heavy atom. The molecule has 2 heterocycles. The molecule has 1 saturated heterocycles. The molecule has 0 unspecified atom stereocenters. The molecule has 11 nitrogen and oxygen atoms in total. The zero-order valence-corrected chi connectivity index (χ0v) is 23.9. The highest BCUT2D eigenvalue weighted by Crippen LogP contribution is 2.34. The number of imidazole rings is 1. The van der Waals surface area contributed by atoms with Crippen LogP contribution in [0, 0.1) is 16.7 Å². The van der Waals surface area contributed by atoms with E-state index in [2.05, 4.69) is 5.32 Å². The number of carboxylic acid groups (broad SMARTS) is 1. The maximum Gasteiger partial charge on any atom is 0.511 e. The number of ether oxygens (including phenoxy) is 1. The molecule has 0 atom stereocenters. The van der Waals surface area contributed by atoms with Crippen LogP contribution in [-0.2, 0) is 11.3 Å². The Bertz CT molecular complexity index is 1720. The number of aromatic nitrogens is 2. The van der Waals surface area contributed by atoms with Crippen LogP contribution < -0.4 is 15.8 Å². The van der Waals surface area contributed by atoms with Gasteiger partial charge >= 0.3 is 6.16 Å². The largest absolute Gasteiger partial charge is 0.511 e. The van der Waals surface area contributed by atoms with E-state index in [9.17, 15) is 14.7 Å². The fourth-order valence-corrected chi connectivity index (χ4v) is 5.53. The number of amidine groups is 2. The number of amides is 1. The summed E-state index contributed by atoms with van der Waals surface area (Å²) >= 11 is 0. The molecule has 218 valence electrons. The molecule has 1 aliphatic heterocycles. The number of nitrogens with two attached hydrogens (primary N) is 1. The third-order valence-corrected chi connectivity index (χ3v) is 7.73. The summed E-state index contributed by atoms with van der Waals surface area (Å²) in [6.07, 6.45) is -0.206. The number of nitrogen functional groups attached to an aromatic ring is 1. The first kappa shape index (κ1) is 28.6. The van der Waals surface area contributed by atoms with Crippen molar-refractivity contribution in [3.8, 4) is 5.75 Å². The molecule has 0 saturated carbocycles. The number of rotatable bonds is 7. The third-order valence-electron chi connectivity index (χ3n) is 7.73. The fourth-order valence-electron chi connectivity index (χ4n) is 5.53. The second-order valence-electron chi connectivity index (χ2n) is 11.1. The van der Waals surface area contributed by atoms with Crippen molar-refractivity contribution in [2.45, 2.75) is 46.1 Å². The van der Waals surface area contributed by atoms with Crippen molar-refractivity contribution in [3.63, 3.8) is 0 Å². The highest BCUT2D eigenvalue weighted by atomic mass is 16.7. The van der Waals surface area contributed by atoms with Crippen LogP contribution in [0.15, 0.2) is 48.5 Å². The van der Waals surface area contributed by atoms with Crippen molar-refractivity contribution in [2.75, 3.05) is 18.4 Å². The van der Waals surface area contributed by atoms with Crippen LogP contribution >= 0.6 is 0 Å². The molecular formula is C31H35N7O4. The molecule has 0 aliphatic carbocycles. The number of hydrogen-bond acceptors (Lipinski definition) is 6. The number of nitrogens with zero attached hydrogens (tertiary/aromatic N) is 3. The molecule has 1 fully saturated rings. The van der Waals surface area contributed by atoms with Crippen LogP contribution in [0.2, 0.25) is 0 Å². The number of carbonyl (C=O) groups is 2. The van der Waals surface area contributed by atoms with Crippen molar-refractivity contribution >= 4 is 51.2 Å². The van der Waals surface area contributed by atoms with Crippen LogP contribution in [0.1, 0.15) is 56.5 Å². The van der Waals surface area contributed by atoms with Crippen molar-refractivity contribution in [2.24, 2.45) is 11.7 Å². The van der Waals surface area contributed by atoms with E-state index in [1.807, 2.05) is 65.8 Å². The van der Waals surface area contributed by atoms with E-state index >= 15 is 0 Å². The molecule has 1 aromatic heterocycles. The van der Waals surface area contributed by atoms with Crippen molar-refractivity contribution in [1.82, 2.24) is 14.5 Å². The normalized spacial score (nSPS) is 14.0. The van der Waals surface area contributed by atoms with Crippen molar-refractivity contribution in [1.29, 1.82) is 10.8 Å². The van der Waals surface area contributed by atoms with E-state index in [0.29, 0.717) is 60.6 Å². The molecule has 1 amide bonds. The van der Waals surface area contributed by atoms with Crippen LogP contribution in [0.3, 0.4) is 0 Å². The van der Waals surface area contributed by atoms with Gasteiger partial charge in [-0.05, 0) is 54.3 Å². The van der Waals surface area contributed by atoms with Crippen molar-refractivity contribution in [3.05, 3.63) is 65.5 Å². The van der Waals surface area contributed by atoms with Gasteiger partial charge in [0.1, 0.15) is 17.2 Å². The lowest BCUT2D eigenvalue weighted by atomic mass is 9.95. The van der Waals surface area contributed by atoms with Crippen LogP contribution in [0.25, 0.3) is 21.8 Å². The van der Waals surface area contributed by atoms with Gasteiger partial charge in [0, 0.05) is 48.8 Å². The summed E-state index contributed by atoms with van der Waals surface area (Å²) in [6, 6.07) is 15.0. The number of fused-ring (bicyclic) bond motifs is 2. The summed E-state index contributed by atoms with van der Waals surface area (Å²) in [5.74, 6) is 0.944. The Labute approximate surface area is 243 Å². The van der Waals surface area contributed by atoms with Crippen LogP contribution in [0.4, 0.5) is 10.5 Å². The number of benzene rings is 3. The lowest BCUT2D eigenvalue weighted by Crippen LogP contribution is -2.40. The van der Waals surface area contributed by atoms with Crippen LogP contribution in [-0.4, -0.2) is 56.4 Å². The monoisotopic (exact) mass is 569 g/mol. The first-order valence-corrected chi connectivity index (χ1v) is 13.9. The first-order valence-electron chi connectivity index (χ1n) is 13.9. The van der Waals surface area contributed by atoms with Gasteiger partial charge in [0.25, 0.3) is 0 Å². The number of likely N-dealkylation sites (tertiary alicyclic amines) is 1. The third kappa shape index (κ3) is 5.90. The molecule has 11 heteroatoms. The average molecular weight is 570 g/mol. The predicted molar refractivity (Wildman–Crippen MR) is 163 cm³/mol. The van der Waals surface area contributed by atoms with Gasteiger partial charge in [0.05, 0.1) is 11.4 Å². The van der Waals surface area contributed by atoms with E-state index in [0.717, 1.165) is 22.2 Å². The number of piperidine rings is 1. The lowest BCUT2D eigenvalue weighted by molar-refractivity contribution is -0.121. The smallest absolute Gasteiger partial charge is 0.449 e. The van der Waals surface area contributed by atoms with Gasteiger partial charge in [0.15, 0.2) is 5.75 Å². The van der Waals surface area contributed by atoms with Gasteiger partial charge in [-0.15, -0.1) is 0 Å². The Kier molecular flexibility index (Phi) is 7.84. The highest BCUT2D eigenvalue weighted by Gasteiger charge is 2.26. The zero-order valence-electron chi connectivity index (χ0n) is 23.9. The van der Waals surface area contributed by atoms with Crippen LogP contribution in [0.5, 0.6) is 5.75 Å². The number of hydrogen-bond donors (Lipinski definition) is 5. The van der Waals surface area contributed by atoms with E-state index < -0.39 is 6.16 Å². The Balaban J connectivity index is 1.53. The highest BCUT2D eigenvalue weighted by molar-refractivity contribution is 5.99. The number of nitrogens with one attached hydrogen (secondary N) is 3. The van der Waals surface area contributed by atoms with E-state index in [1.54, 1.807) is 6.92 Å². The molecular weight excluding hydrogens is 534 g/mol. The molecule has 4 aromatic rings. The fraction of sp³-hybridized carbons (Fsp3) is 0.323. The van der Waals surface area contributed by atoms with E-state index in [4.69, 9.17) is 26.3 Å². The standard InChI is InChI=1S/C31H35N7O4/c1-17(2)29-36-27-25(38(29)16-19-4-5-20-6-7-22(28(33)34)13-23(20)12-19)14-24(15-26(27)42-31(40)41)35-30(39)21-8-10-37(11-9-21)18(3)32/h4-7,12-15,17,21,32H,8-11,16H2,1-3H3,(H3,33,34)(H,35,39)(H,40,41). The average Bonchev–Trinajstić information content (AvgIpc) is 3.31. The van der Waals surface area contributed by atoms with Gasteiger partial charge in [-0.3, -0.25) is 15.6 Å². The summed E-state index contributed by atoms with van der Waals surface area (Å²) in [5, 5.41) is 30.0. The SMILES string of the molecule is CC(=N)N1CCC(C(=O)Nc2cc(OC(=O)O)c3nc(C(C)C)n(Cc4ccc5ccc(C(=N)N)cc5c4)c3c2)CC1. The Hall–Kier alpha value is -4.93. The van der Waals surface area contributed by atoms with E-state index in [-0.39, 0.29) is 29.3 Å². The summed E-state index contributed by atoms with van der Waals surface area (Å²) < 4.78 is 7.17. The van der Waals surface area contributed by atoms with Gasteiger partial charge in [-0.1, -0.05) is 38.1 Å². The minimum atomic E-state index is -1.47. The Morgan fingerprint density at radius 1 is 1.10 bits per heavy atom. The second-order valence-corrected chi connectivity index (χ2v) is 11.1. The summed E-state index contributed by atoms with van der Waals surface area (Å²) in [4.78, 5) is 31.6. The zero-order chi connectivity index (χ0) is 30.1. The Morgan fingerprint density at radius 2 is 1.81 bits per heavy atom. The molecule has 6 N–H and O–H groups in total. The van der Waals surface area contributed by atoms with Gasteiger partial charge in [0.2, 0.25) is 5.91 Å². The molecule has 0 radical (unpaired) electrons. The lowest BCUT2D eigenvalue weighted by Gasteiger charge is -2.32. The summed E-state index contributed by atoms with van der Waals surface area (Å²) in [5.41, 5.74) is 8.79. The molecule has 0 bridgehead atoms. The molecule has 5 rings (SSSR count). The minimum absolute atomic E-state index is 0.000857. The predicted octanol–water partition coefficient (Wildman–Crippen LogP) is 5.35. The molecule has 42 heavy (non-hydrogen) atoms. The van der Waals surface area contributed by atoms with Crippen molar-refractivity contribution < 1.29 is 19.4 Å². The first-order chi connectivity index (χ1) is 20.0. The summed E-state index contributed by atoms with van der Waals surface area (Å²) in [7, 11) is 0. The van der Waals surface area contributed by atoms with E-state index in [1.165, 1.54) is 6.07 Å². The van der Waals surface area contributed by atoms with Gasteiger partial charge in [-0.25, -0.2) is 9.78 Å². The quantitative estimate of drug-likeness (QED) is 0.0864. The van der Waals surface area contributed by atoms with Gasteiger partial charge < -0.3 is 30.4 Å². The molecule has 1 aliphatic rings. The minimum Gasteiger partial charge on any atom is -0.449 e. The molecule has 0 spiro atoms. The maximum absolute atomic E-state index is 13.2. The van der Waals surface area contributed by atoms with Gasteiger partial charge in [-0.2, -0.15) is 0 Å².